The highest BCUT2D eigenvalue weighted by molar-refractivity contribution is 5.82. The van der Waals surface area contributed by atoms with Gasteiger partial charge in [-0.05, 0) is 24.6 Å². The van der Waals surface area contributed by atoms with Crippen molar-refractivity contribution in [2.75, 3.05) is 0 Å². The van der Waals surface area contributed by atoms with E-state index in [2.05, 4.69) is 20.5 Å². The number of aryl methyl sites for hydroxylation is 2. The van der Waals surface area contributed by atoms with E-state index in [0.717, 1.165) is 28.0 Å². The topological polar surface area (TPSA) is 67.2 Å². The van der Waals surface area contributed by atoms with Gasteiger partial charge in [0.15, 0.2) is 0 Å². The second kappa shape index (κ2) is 7.46. The number of aromatic nitrogens is 2. The van der Waals surface area contributed by atoms with Crippen molar-refractivity contribution in [3.63, 3.8) is 0 Å². The Morgan fingerprint density at radius 1 is 1.04 bits per heavy atom. The van der Waals surface area contributed by atoms with Gasteiger partial charge in [-0.15, -0.1) is 0 Å². The van der Waals surface area contributed by atoms with E-state index in [0.29, 0.717) is 12.8 Å². The molecule has 0 aliphatic rings. The molecular formula is C19H18N4O. The number of hydrogen-bond donors (Lipinski definition) is 1. The van der Waals surface area contributed by atoms with Crippen molar-refractivity contribution in [2.24, 2.45) is 5.10 Å². The molecule has 24 heavy (non-hydrogen) atoms. The smallest absolute Gasteiger partial charge is 0.240 e. The number of nitrogens with one attached hydrogen (secondary N) is 1. The van der Waals surface area contributed by atoms with E-state index < -0.39 is 0 Å². The molecule has 5 heteroatoms. The lowest BCUT2D eigenvalue weighted by molar-refractivity contribution is -0.121. The number of rotatable bonds is 5. The first-order valence-electron chi connectivity index (χ1n) is 7.81. The van der Waals surface area contributed by atoms with Crippen molar-refractivity contribution in [2.45, 2.75) is 19.8 Å². The molecule has 0 radical (unpaired) electrons. The van der Waals surface area contributed by atoms with Crippen LogP contribution in [-0.2, 0) is 11.2 Å². The minimum Gasteiger partial charge on any atom is -0.273 e. The minimum absolute atomic E-state index is 0.142. The van der Waals surface area contributed by atoms with E-state index in [4.69, 9.17) is 0 Å². The molecule has 1 amide bonds. The highest BCUT2D eigenvalue weighted by atomic mass is 16.2. The standard InChI is InChI=1S/C19H18N4O/c1-14-16(22-18-10-6-5-9-17(18)21-14)11-12-19(24)23-20-13-15-7-3-2-4-8-15/h2-10,13H,11-12H2,1H3,(H,23,24)/b20-13+. The van der Waals surface area contributed by atoms with Crippen LogP contribution in [0, 0.1) is 6.92 Å². The summed E-state index contributed by atoms with van der Waals surface area (Å²) in [6.07, 6.45) is 2.48. The molecule has 2 aromatic carbocycles. The summed E-state index contributed by atoms with van der Waals surface area (Å²) < 4.78 is 0. The lowest BCUT2D eigenvalue weighted by Gasteiger charge is -2.06. The fraction of sp³-hybridized carbons (Fsp3) is 0.158. The van der Waals surface area contributed by atoms with Crippen molar-refractivity contribution in [3.8, 4) is 0 Å². The zero-order chi connectivity index (χ0) is 16.8. The van der Waals surface area contributed by atoms with Crippen LogP contribution in [0.4, 0.5) is 0 Å². The lowest BCUT2D eigenvalue weighted by Crippen LogP contribution is -2.18. The fourth-order valence-electron chi connectivity index (χ4n) is 2.37. The maximum absolute atomic E-state index is 11.9. The van der Waals surface area contributed by atoms with Crippen LogP contribution in [-0.4, -0.2) is 22.1 Å². The predicted octanol–water partition coefficient (Wildman–Crippen LogP) is 3.02. The molecule has 1 N–H and O–H groups in total. The maximum atomic E-state index is 11.9. The quantitative estimate of drug-likeness (QED) is 0.581. The highest BCUT2D eigenvalue weighted by Crippen LogP contribution is 2.13. The first-order chi connectivity index (χ1) is 11.7. The number of amides is 1. The van der Waals surface area contributed by atoms with Crippen LogP contribution < -0.4 is 5.43 Å². The van der Waals surface area contributed by atoms with Crippen LogP contribution in [0.5, 0.6) is 0 Å². The Morgan fingerprint density at radius 2 is 1.71 bits per heavy atom. The van der Waals surface area contributed by atoms with Crippen molar-refractivity contribution in [1.82, 2.24) is 15.4 Å². The summed E-state index contributed by atoms with van der Waals surface area (Å²) in [4.78, 5) is 21.0. The van der Waals surface area contributed by atoms with Crippen LogP contribution in [0.1, 0.15) is 23.4 Å². The lowest BCUT2D eigenvalue weighted by atomic mass is 10.1. The van der Waals surface area contributed by atoms with E-state index in [1.807, 2.05) is 61.5 Å². The summed E-state index contributed by atoms with van der Waals surface area (Å²) in [6.45, 7) is 1.92. The number of benzene rings is 2. The van der Waals surface area contributed by atoms with Crippen LogP contribution >= 0.6 is 0 Å². The van der Waals surface area contributed by atoms with Gasteiger partial charge in [0.05, 0.1) is 28.6 Å². The SMILES string of the molecule is Cc1nc2ccccc2nc1CCC(=O)N/N=C/c1ccccc1. The minimum atomic E-state index is -0.142. The molecule has 0 aliphatic heterocycles. The highest BCUT2D eigenvalue weighted by Gasteiger charge is 2.07. The number of fused-ring (bicyclic) bond motifs is 1. The van der Waals surface area contributed by atoms with Gasteiger partial charge in [0.2, 0.25) is 5.91 Å². The summed E-state index contributed by atoms with van der Waals surface area (Å²) in [7, 11) is 0. The molecule has 0 unspecified atom stereocenters. The third-order valence-electron chi connectivity index (χ3n) is 3.63. The van der Waals surface area contributed by atoms with E-state index in [1.54, 1.807) is 6.21 Å². The molecule has 3 aromatic rings. The van der Waals surface area contributed by atoms with Gasteiger partial charge in [-0.3, -0.25) is 4.79 Å². The average Bonchev–Trinajstić information content (AvgIpc) is 2.61. The van der Waals surface area contributed by atoms with E-state index in [-0.39, 0.29) is 5.91 Å². The van der Waals surface area contributed by atoms with Gasteiger partial charge in [-0.2, -0.15) is 5.10 Å². The second-order valence-corrected chi connectivity index (χ2v) is 5.45. The van der Waals surface area contributed by atoms with Gasteiger partial charge in [0.1, 0.15) is 0 Å². The van der Waals surface area contributed by atoms with Gasteiger partial charge in [-0.25, -0.2) is 15.4 Å². The number of nitrogens with zero attached hydrogens (tertiary/aromatic N) is 3. The van der Waals surface area contributed by atoms with Crippen LogP contribution in [0.3, 0.4) is 0 Å². The number of hydrogen-bond acceptors (Lipinski definition) is 4. The number of carbonyl (C=O) groups is 1. The number of para-hydroxylation sites is 2. The Hall–Kier alpha value is -3.08. The Labute approximate surface area is 140 Å². The van der Waals surface area contributed by atoms with Gasteiger partial charge in [0.25, 0.3) is 0 Å². The van der Waals surface area contributed by atoms with Gasteiger partial charge < -0.3 is 0 Å². The molecule has 0 aliphatic carbocycles. The maximum Gasteiger partial charge on any atom is 0.240 e. The molecule has 1 heterocycles. The monoisotopic (exact) mass is 318 g/mol. The molecule has 1 aromatic heterocycles. The zero-order valence-corrected chi connectivity index (χ0v) is 13.4. The molecule has 0 saturated heterocycles. The Bertz CT molecular complexity index is 875. The number of carbonyl (C=O) groups excluding carboxylic acids is 1. The van der Waals surface area contributed by atoms with Crippen molar-refractivity contribution < 1.29 is 4.79 Å². The first-order valence-corrected chi connectivity index (χ1v) is 7.81. The van der Waals surface area contributed by atoms with Crippen molar-refractivity contribution >= 4 is 23.2 Å². The number of hydrazone groups is 1. The van der Waals surface area contributed by atoms with Crippen LogP contribution in [0.25, 0.3) is 11.0 Å². The largest absolute Gasteiger partial charge is 0.273 e. The van der Waals surface area contributed by atoms with Gasteiger partial charge in [0, 0.05) is 12.8 Å². The van der Waals surface area contributed by atoms with Crippen molar-refractivity contribution in [1.29, 1.82) is 0 Å². The van der Waals surface area contributed by atoms with Gasteiger partial charge >= 0.3 is 0 Å². The molecule has 0 saturated carbocycles. The molecule has 0 bridgehead atoms. The normalized spacial score (nSPS) is 11.0. The molecule has 0 fully saturated rings. The molecule has 120 valence electrons. The van der Waals surface area contributed by atoms with E-state index in [9.17, 15) is 4.79 Å². The second-order valence-electron chi connectivity index (χ2n) is 5.45. The van der Waals surface area contributed by atoms with E-state index in [1.165, 1.54) is 0 Å². The summed E-state index contributed by atoms with van der Waals surface area (Å²) >= 11 is 0. The Kier molecular flexibility index (Phi) is 4.91. The van der Waals surface area contributed by atoms with Crippen LogP contribution in [0.15, 0.2) is 59.7 Å². The molecule has 5 nitrogen and oxygen atoms in total. The fourth-order valence-corrected chi connectivity index (χ4v) is 2.37. The molecule has 0 atom stereocenters. The summed E-state index contributed by atoms with van der Waals surface area (Å²) in [6, 6.07) is 17.3. The summed E-state index contributed by atoms with van der Waals surface area (Å²) in [5.41, 5.74) is 6.90. The molecular weight excluding hydrogens is 300 g/mol. The summed E-state index contributed by atoms with van der Waals surface area (Å²) in [5, 5.41) is 3.97. The predicted molar refractivity (Wildman–Crippen MR) is 94.8 cm³/mol. The Morgan fingerprint density at radius 3 is 2.46 bits per heavy atom. The molecule has 3 rings (SSSR count). The summed E-state index contributed by atoms with van der Waals surface area (Å²) in [5.74, 6) is -0.142. The van der Waals surface area contributed by atoms with E-state index >= 15 is 0 Å². The van der Waals surface area contributed by atoms with Gasteiger partial charge in [-0.1, -0.05) is 42.5 Å². The average molecular weight is 318 g/mol. The third kappa shape index (κ3) is 4.01. The first kappa shape index (κ1) is 15.8. The van der Waals surface area contributed by atoms with Crippen molar-refractivity contribution in [3.05, 3.63) is 71.5 Å². The zero-order valence-electron chi connectivity index (χ0n) is 13.4. The molecule has 0 spiro atoms. The third-order valence-corrected chi connectivity index (χ3v) is 3.63. The van der Waals surface area contributed by atoms with Crippen LogP contribution in [0.2, 0.25) is 0 Å². The Balaban J connectivity index is 1.58.